The van der Waals surface area contributed by atoms with Crippen molar-refractivity contribution >= 4 is 11.7 Å². The molecule has 2 aromatic rings. The smallest absolute Gasteiger partial charge is 0.291 e. The van der Waals surface area contributed by atoms with Gasteiger partial charge in [-0.2, -0.15) is 4.98 Å². The minimum Gasteiger partial charge on any atom is -0.349 e. The van der Waals surface area contributed by atoms with E-state index in [0.717, 1.165) is 24.2 Å². The van der Waals surface area contributed by atoms with Gasteiger partial charge in [0, 0.05) is 17.9 Å². The maximum atomic E-state index is 11.8. The molecule has 6 heteroatoms. The molecule has 1 N–H and O–H groups in total. The third-order valence-electron chi connectivity index (χ3n) is 2.64. The van der Waals surface area contributed by atoms with E-state index in [1.54, 1.807) is 4.52 Å². The number of rotatable bonds is 4. The first-order chi connectivity index (χ1) is 8.61. The van der Waals surface area contributed by atoms with Crippen LogP contribution in [0.2, 0.25) is 0 Å². The van der Waals surface area contributed by atoms with Gasteiger partial charge in [-0.1, -0.05) is 13.3 Å². The fourth-order valence-corrected chi connectivity index (χ4v) is 1.72. The predicted molar refractivity (Wildman–Crippen MR) is 67.5 cm³/mol. The number of aryl methyl sites for hydroxylation is 2. The van der Waals surface area contributed by atoms with E-state index in [0.29, 0.717) is 12.3 Å². The Morgan fingerprint density at radius 2 is 2.17 bits per heavy atom. The summed E-state index contributed by atoms with van der Waals surface area (Å²) in [5.74, 6) is 0.395. The summed E-state index contributed by atoms with van der Waals surface area (Å²) in [6.07, 6.45) is 1.99. The Morgan fingerprint density at radius 1 is 1.39 bits per heavy atom. The van der Waals surface area contributed by atoms with Crippen molar-refractivity contribution in [3.8, 4) is 0 Å². The van der Waals surface area contributed by atoms with E-state index in [-0.39, 0.29) is 11.7 Å². The van der Waals surface area contributed by atoms with Gasteiger partial charge in [-0.25, -0.2) is 9.50 Å². The Labute approximate surface area is 105 Å². The Kier molecular flexibility index (Phi) is 3.55. The van der Waals surface area contributed by atoms with Gasteiger partial charge < -0.3 is 5.32 Å². The standard InChI is InChI=1S/C12H17N5O/c1-4-5-6-13-11(18)10-15-12-14-8(2)7-9(3)17(12)16-10/h7H,4-6H2,1-3H3,(H,13,18). The number of carbonyl (C=O) groups is 1. The largest absolute Gasteiger partial charge is 0.349 e. The molecule has 2 rings (SSSR count). The van der Waals surface area contributed by atoms with E-state index in [1.165, 1.54) is 0 Å². The molecular formula is C12H17N5O. The molecule has 6 nitrogen and oxygen atoms in total. The first kappa shape index (κ1) is 12.5. The molecule has 0 saturated carbocycles. The lowest BCUT2D eigenvalue weighted by Gasteiger charge is -1.99. The second-order valence-corrected chi connectivity index (χ2v) is 4.30. The highest BCUT2D eigenvalue weighted by Gasteiger charge is 2.14. The average molecular weight is 247 g/mol. The Morgan fingerprint density at radius 3 is 2.89 bits per heavy atom. The number of hydrogen-bond donors (Lipinski definition) is 1. The number of nitrogens with one attached hydrogen (secondary N) is 1. The van der Waals surface area contributed by atoms with Gasteiger partial charge in [0.05, 0.1) is 0 Å². The van der Waals surface area contributed by atoms with Crippen LogP contribution >= 0.6 is 0 Å². The summed E-state index contributed by atoms with van der Waals surface area (Å²) in [6, 6.07) is 1.90. The van der Waals surface area contributed by atoms with Gasteiger partial charge in [0.1, 0.15) is 0 Å². The van der Waals surface area contributed by atoms with Crippen LogP contribution in [0.1, 0.15) is 41.8 Å². The Hall–Kier alpha value is -1.98. The number of carbonyl (C=O) groups excluding carboxylic acids is 1. The van der Waals surface area contributed by atoms with Gasteiger partial charge in [-0.3, -0.25) is 4.79 Å². The number of nitrogens with zero attached hydrogens (tertiary/aromatic N) is 4. The predicted octanol–water partition coefficient (Wildman–Crippen LogP) is 1.27. The third kappa shape index (κ3) is 2.47. The minimum absolute atomic E-state index is 0.173. The van der Waals surface area contributed by atoms with Crippen LogP contribution in [0.4, 0.5) is 0 Å². The van der Waals surface area contributed by atoms with Gasteiger partial charge in [0.2, 0.25) is 5.82 Å². The molecule has 2 aromatic heterocycles. The fourth-order valence-electron chi connectivity index (χ4n) is 1.72. The van der Waals surface area contributed by atoms with Crippen molar-refractivity contribution in [1.29, 1.82) is 0 Å². The lowest BCUT2D eigenvalue weighted by atomic mass is 10.3. The van der Waals surface area contributed by atoms with E-state index in [9.17, 15) is 4.79 Å². The molecule has 0 spiro atoms. The van der Waals surface area contributed by atoms with Gasteiger partial charge in [0.25, 0.3) is 11.7 Å². The van der Waals surface area contributed by atoms with Crippen molar-refractivity contribution in [3.05, 3.63) is 23.3 Å². The lowest BCUT2D eigenvalue weighted by molar-refractivity contribution is 0.0943. The van der Waals surface area contributed by atoms with Crippen molar-refractivity contribution in [2.75, 3.05) is 6.54 Å². The molecular weight excluding hydrogens is 230 g/mol. The second-order valence-electron chi connectivity index (χ2n) is 4.30. The van der Waals surface area contributed by atoms with Gasteiger partial charge in [-0.05, 0) is 26.3 Å². The van der Waals surface area contributed by atoms with Crippen molar-refractivity contribution in [1.82, 2.24) is 24.9 Å². The van der Waals surface area contributed by atoms with Crippen molar-refractivity contribution in [2.24, 2.45) is 0 Å². The topological polar surface area (TPSA) is 72.2 Å². The first-order valence-electron chi connectivity index (χ1n) is 6.11. The van der Waals surface area contributed by atoms with Crippen LogP contribution in [0.3, 0.4) is 0 Å². The second kappa shape index (κ2) is 5.12. The zero-order valence-corrected chi connectivity index (χ0v) is 10.9. The van der Waals surface area contributed by atoms with Crippen molar-refractivity contribution in [2.45, 2.75) is 33.6 Å². The van der Waals surface area contributed by atoms with Gasteiger partial charge in [-0.15, -0.1) is 5.10 Å². The molecule has 2 heterocycles. The van der Waals surface area contributed by atoms with Crippen molar-refractivity contribution < 1.29 is 4.79 Å². The van der Waals surface area contributed by atoms with Crippen LogP contribution in [0.15, 0.2) is 6.07 Å². The van der Waals surface area contributed by atoms with Crippen molar-refractivity contribution in [3.63, 3.8) is 0 Å². The monoisotopic (exact) mass is 247 g/mol. The summed E-state index contributed by atoms with van der Waals surface area (Å²) in [5.41, 5.74) is 1.78. The molecule has 96 valence electrons. The zero-order valence-electron chi connectivity index (χ0n) is 10.9. The maximum Gasteiger partial charge on any atom is 0.291 e. The van der Waals surface area contributed by atoms with Gasteiger partial charge >= 0.3 is 0 Å². The first-order valence-corrected chi connectivity index (χ1v) is 6.11. The number of unbranched alkanes of at least 4 members (excludes halogenated alkanes) is 1. The molecule has 18 heavy (non-hydrogen) atoms. The molecule has 0 saturated heterocycles. The Balaban J connectivity index is 2.24. The summed E-state index contributed by atoms with van der Waals surface area (Å²) < 4.78 is 1.59. The molecule has 0 unspecified atom stereocenters. The van der Waals surface area contributed by atoms with Crippen LogP contribution < -0.4 is 5.32 Å². The summed E-state index contributed by atoms with van der Waals surface area (Å²) >= 11 is 0. The third-order valence-corrected chi connectivity index (χ3v) is 2.64. The summed E-state index contributed by atoms with van der Waals surface area (Å²) in [4.78, 5) is 20.2. The SMILES string of the molecule is CCCCNC(=O)c1nc2nc(C)cc(C)n2n1. The number of fused-ring (bicyclic) bond motifs is 1. The highest BCUT2D eigenvalue weighted by molar-refractivity contribution is 5.90. The number of aromatic nitrogens is 4. The quantitative estimate of drug-likeness (QED) is 0.826. The van der Waals surface area contributed by atoms with Crippen LogP contribution in [-0.4, -0.2) is 32.0 Å². The highest BCUT2D eigenvalue weighted by Crippen LogP contribution is 2.05. The van der Waals surface area contributed by atoms with E-state index in [1.807, 2.05) is 19.9 Å². The van der Waals surface area contributed by atoms with E-state index in [4.69, 9.17) is 0 Å². The lowest BCUT2D eigenvalue weighted by Crippen LogP contribution is -2.25. The van der Waals surface area contributed by atoms with Crippen LogP contribution in [-0.2, 0) is 0 Å². The molecule has 0 aromatic carbocycles. The molecule has 0 aliphatic rings. The van der Waals surface area contributed by atoms with E-state index in [2.05, 4.69) is 27.3 Å². The van der Waals surface area contributed by atoms with Crippen LogP contribution in [0, 0.1) is 13.8 Å². The van der Waals surface area contributed by atoms with E-state index < -0.39 is 0 Å². The van der Waals surface area contributed by atoms with Crippen LogP contribution in [0.25, 0.3) is 5.78 Å². The fraction of sp³-hybridized carbons (Fsp3) is 0.500. The normalized spacial score (nSPS) is 10.8. The Bertz CT molecular complexity index is 575. The van der Waals surface area contributed by atoms with Gasteiger partial charge in [0.15, 0.2) is 0 Å². The minimum atomic E-state index is -0.244. The molecule has 1 amide bonds. The molecule has 0 aliphatic carbocycles. The van der Waals surface area contributed by atoms with Crippen LogP contribution in [0.5, 0.6) is 0 Å². The zero-order chi connectivity index (χ0) is 13.1. The number of hydrogen-bond acceptors (Lipinski definition) is 4. The maximum absolute atomic E-state index is 11.8. The summed E-state index contributed by atoms with van der Waals surface area (Å²) in [6.45, 7) is 6.53. The molecule has 0 fully saturated rings. The highest BCUT2D eigenvalue weighted by atomic mass is 16.2. The molecule has 0 aliphatic heterocycles. The molecule has 0 atom stereocenters. The average Bonchev–Trinajstić information content (AvgIpc) is 2.73. The summed E-state index contributed by atoms with van der Waals surface area (Å²) in [7, 11) is 0. The number of amides is 1. The van der Waals surface area contributed by atoms with E-state index >= 15 is 0 Å². The summed E-state index contributed by atoms with van der Waals surface area (Å²) in [5, 5.41) is 6.95. The molecule has 0 radical (unpaired) electrons. The molecule has 0 bridgehead atoms.